The zero-order chi connectivity index (χ0) is 19.4. The molecule has 0 saturated carbocycles. The highest BCUT2D eigenvalue weighted by atomic mass is 35.5. The molecule has 140 valence electrons. The van der Waals surface area contributed by atoms with E-state index in [0.717, 1.165) is 21.9 Å². The van der Waals surface area contributed by atoms with E-state index in [1.54, 1.807) is 24.0 Å². The molecule has 0 N–H and O–H groups in total. The fourth-order valence-electron chi connectivity index (χ4n) is 3.05. The molecule has 2 heterocycles. The van der Waals surface area contributed by atoms with Crippen molar-refractivity contribution in [3.8, 4) is 0 Å². The molecule has 1 aromatic rings. The lowest BCUT2D eigenvalue weighted by Crippen LogP contribution is -2.29. The number of hydrogen-bond acceptors (Lipinski definition) is 4. The molecular weight excluding hydrogens is 381 g/mol. The van der Waals surface area contributed by atoms with Gasteiger partial charge in [-0.1, -0.05) is 55.0 Å². The van der Waals surface area contributed by atoms with Crippen LogP contribution in [-0.2, 0) is 0 Å². The Morgan fingerprint density at radius 2 is 2.19 bits per heavy atom. The SMILES string of the molecule is C/C=C(\SCC)C1=NC2C=CC=CC=C2C(N(C)c2ccnc(Cl)c2)=C1F. The largest absolute Gasteiger partial charge is 0.342 e. The first-order valence-electron chi connectivity index (χ1n) is 8.75. The second-order valence-corrected chi connectivity index (χ2v) is 7.65. The standard InChI is InChI=1S/C21H21ClFN3S/c1-4-17(27-5-2)20-19(23)21(15-9-7-6-8-10-16(15)25-20)26(3)14-11-12-24-18(22)13-14/h4,6-13,16H,5H2,1-3H3/b17-4-. The van der Waals surface area contributed by atoms with Gasteiger partial charge in [-0.15, -0.1) is 11.8 Å². The van der Waals surface area contributed by atoms with E-state index in [-0.39, 0.29) is 11.9 Å². The van der Waals surface area contributed by atoms with Crippen LogP contribution in [0.1, 0.15) is 13.8 Å². The van der Waals surface area contributed by atoms with Gasteiger partial charge in [-0.25, -0.2) is 9.37 Å². The fraction of sp³-hybridized carbons (Fsp3) is 0.238. The van der Waals surface area contributed by atoms with Crippen molar-refractivity contribution in [3.05, 3.63) is 81.9 Å². The number of halogens is 2. The van der Waals surface area contributed by atoms with Gasteiger partial charge in [-0.05, 0) is 24.8 Å². The summed E-state index contributed by atoms with van der Waals surface area (Å²) in [6.45, 7) is 3.96. The Morgan fingerprint density at radius 3 is 2.89 bits per heavy atom. The third-order valence-corrected chi connectivity index (χ3v) is 5.53. The first kappa shape index (κ1) is 19.6. The number of aromatic nitrogens is 1. The van der Waals surface area contributed by atoms with Crippen LogP contribution in [0.4, 0.5) is 10.1 Å². The third kappa shape index (κ3) is 4.09. The molecule has 6 heteroatoms. The molecule has 0 fully saturated rings. The summed E-state index contributed by atoms with van der Waals surface area (Å²) >= 11 is 7.64. The molecule has 1 aliphatic carbocycles. The van der Waals surface area contributed by atoms with Crippen LogP contribution in [0.25, 0.3) is 0 Å². The van der Waals surface area contributed by atoms with E-state index in [0.29, 0.717) is 16.6 Å². The second kappa shape index (κ2) is 8.72. The maximum atomic E-state index is 15.7. The van der Waals surface area contributed by atoms with Crippen molar-refractivity contribution in [2.45, 2.75) is 19.9 Å². The normalized spacial score (nSPS) is 19.4. The first-order valence-corrected chi connectivity index (χ1v) is 10.1. The molecule has 1 aliphatic heterocycles. The van der Waals surface area contributed by atoms with Crippen LogP contribution in [0.2, 0.25) is 5.15 Å². The van der Waals surface area contributed by atoms with Crippen molar-refractivity contribution in [1.82, 2.24) is 4.98 Å². The number of hydrogen-bond donors (Lipinski definition) is 0. The number of anilines is 1. The Morgan fingerprint density at radius 1 is 1.37 bits per heavy atom. The molecule has 27 heavy (non-hydrogen) atoms. The molecular formula is C21H21ClFN3S. The highest BCUT2D eigenvalue weighted by Gasteiger charge is 2.32. The zero-order valence-electron chi connectivity index (χ0n) is 15.5. The summed E-state index contributed by atoms with van der Waals surface area (Å²) in [6, 6.07) is 3.30. The summed E-state index contributed by atoms with van der Waals surface area (Å²) in [5.74, 6) is 0.521. The van der Waals surface area contributed by atoms with Crippen molar-refractivity contribution in [3.63, 3.8) is 0 Å². The van der Waals surface area contributed by atoms with E-state index in [4.69, 9.17) is 16.6 Å². The van der Waals surface area contributed by atoms with E-state index in [2.05, 4.69) is 4.98 Å². The summed E-state index contributed by atoms with van der Waals surface area (Å²) in [6.07, 6.45) is 13.2. The van der Waals surface area contributed by atoms with Crippen LogP contribution < -0.4 is 4.90 Å². The molecule has 1 unspecified atom stereocenters. The van der Waals surface area contributed by atoms with Crippen LogP contribution in [0.5, 0.6) is 0 Å². The van der Waals surface area contributed by atoms with Crippen LogP contribution in [-0.4, -0.2) is 29.5 Å². The summed E-state index contributed by atoms with van der Waals surface area (Å²) in [5.41, 5.74) is 2.48. The summed E-state index contributed by atoms with van der Waals surface area (Å²) in [7, 11) is 1.84. The zero-order valence-corrected chi connectivity index (χ0v) is 17.1. The number of rotatable bonds is 5. The molecule has 0 radical (unpaired) electrons. The number of likely N-dealkylation sites (N-methyl/N-ethyl adjacent to an activating group) is 1. The van der Waals surface area contributed by atoms with Gasteiger partial charge in [0.05, 0.1) is 11.7 Å². The van der Waals surface area contributed by atoms with E-state index in [1.807, 2.05) is 68.3 Å². The minimum absolute atomic E-state index is 0.239. The van der Waals surface area contributed by atoms with Crippen molar-refractivity contribution in [1.29, 1.82) is 0 Å². The highest BCUT2D eigenvalue weighted by molar-refractivity contribution is 8.04. The Kier molecular flexibility index (Phi) is 6.34. The molecule has 0 aromatic carbocycles. The average molecular weight is 402 g/mol. The quantitative estimate of drug-likeness (QED) is 0.576. The van der Waals surface area contributed by atoms with Gasteiger partial charge in [0.2, 0.25) is 0 Å². The van der Waals surface area contributed by atoms with E-state index >= 15 is 4.39 Å². The van der Waals surface area contributed by atoms with Gasteiger partial charge in [0.1, 0.15) is 10.9 Å². The Labute approximate surface area is 168 Å². The van der Waals surface area contributed by atoms with E-state index in [9.17, 15) is 0 Å². The Bertz CT molecular complexity index is 912. The lowest BCUT2D eigenvalue weighted by Gasteiger charge is -2.31. The van der Waals surface area contributed by atoms with Gasteiger partial charge < -0.3 is 4.90 Å². The van der Waals surface area contributed by atoms with Gasteiger partial charge in [0.25, 0.3) is 0 Å². The fourth-order valence-corrected chi connectivity index (χ4v) is 3.97. The molecule has 3 nitrogen and oxygen atoms in total. The van der Waals surface area contributed by atoms with Gasteiger partial charge >= 0.3 is 0 Å². The smallest absolute Gasteiger partial charge is 0.173 e. The second-order valence-electron chi connectivity index (χ2n) is 5.96. The molecule has 0 spiro atoms. The number of nitrogens with zero attached hydrogens (tertiary/aromatic N) is 3. The highest BCUT2D eigenvalue weighted by Crippen LogP contribution is 2.37. The maximum Gasteiger partial charge on any atom is 0.173 e. The number of allylic oxidation sites excluding steroid dienone is 7. The number of thioether (sulfide) groups is 1. The molecule has 2 aliphatic rings. The van der Waals surface area contributed by atoms with Crippen LogP contribution in [0, 0.1) is 0 Å². The van der Waals surface area contributed by atoms with Crippen molar-refractivity contribution >= 4 is 34.8 Å². The topological polar surface area (TPSA) is 28.5 Å². The number of pyridine rings is 1. The first-order chi connectivity index (χ1) is 13.1. The van der Waals surface area contributed by atoms with Crippen LogP contribution >= 0.6 is 23.4 Å². The van der Waals surface area contributed by atoms with E-state index < -0.39 is 0 Å². The molecule has 1 atom stereocenters. The molecule has 0 amide bonds. The minimum Gasteiger partial charge on any atom is -0.342 e. The van der Waals surface area contributed by atoms with Gasteiger partial charge in [0, 0.05) is 29.4 Å². The summed E-state index contributed by atoms with van der Waals surface area (Å²) in [4.78, 5) is 11.4. The lowest BCUT2D eigenvalue weighted by molar-refractivity contribution is 0.653. The van der Waals surface area contributed by atoms with Crippen molar-refractivity contribution in [2.24, 2.45) is 4.99 Å². The van der Waals surface area contributed by atoms with Crippen LogP contribution in [0.15, 0.2) is 81.8 Å². The van der Waals surface area contributed by atoms with Gasteiger partial charge in [-0.2, -0.15) is 0 Å². The predicted molar refractivity (Wildman–Crippen MR) is 115 cm³/mol. The molecule has 0 bridgehead atoms. The van der Waals surface area contributed by atoms with E-state index in [1.165, 1.54) is 0 Å². The Balaban J connectivity index is 2.16. The summed E-state index contributed by atoms with van der Waals surface area (Å²) in [5, 5.41) is 0.368. The van der Waals surface area contributed by atoms with Crippen molar-refractivity contribution < 1.29 is 4.39 Å². The van der Waals surface area contributed by atoms with Crippen molar-refractivity contribution in [2.75, 3.05) is 17.7 Å². The average Bonchev–Trinajstić information content (AvgIpc) is 2.90. The summed E-state index contributed by atoms with van der Waals surface area (Å²) < 4.78 is 15.7. The minimum atomic E-state index is -0.328. The number of aliphatic imine (C=N–C) groups is 1. The maximum absolute atomic E-state index is 15.7. The predicted octanol–water partition coefficient (Wildman–Crippen LogP) is 5.88. The molecule has 3 rings (SSSR count). The van der Waals surface area contributed by atoms with Gasteiger partial charge in [0.15, 0.2) is 5.83 Å². The van der Waals surface area contributed by atoms with Crippen LogP contribution in [0.3, 0.4) is 0 Å². The molecule has 0 saturated heterocycles. The Hall–Kier alpha value is -2.11. The third-order valence-electron chi connectivity index (χ3n) is 4.30. The molecule has 1 aromatic heterocycles. The number of dihydropyridines is 1. The number of fused-ring (bicyclic) bond motifs is 1. The lowest BCUT2D eigenvalue weighted by atomic mass is 9.96. The monoisotopic (exact) mass is 401 g/mol. The van der Waals surface area contributed by atoms with Gasteiger partial charge in [-0.3, -0.25) is 4.99 Å².